The second-order valence-corrected chi connectivity index (χ2v) is 8.53. The Bertz CT molecular complexity index is 1280. The van der Waals surface area contributed by atoms with Gasteiger partial charge in [0.05, 0.1) is 31.2 Å². The molecule has 0 unspecified atom stereocenters. The zero-order valence-electron chi connectivity index (χ0n) is 19.8. The van der Waals surface area contributed by atoms with E-state index in [4.69, 9.17) is 4.74 Å². The normalized spacial score (nSPS) is 11.1. The quantitative estimate of drug-likeness (QED) is 0.355. The van der Waals surface area contributed by atoms with Crippen molar-refractivity contribution in [1.82, 2.24) is 24.6 Å². The lowest BCUT2D eigenvalue weighted by Crippen LogP contribution is -2.22. The molecular formula is C27H29N5O2. The van der Waals surface area contributed by atoms with Crippen LogP contribution >= 0.6 is 0 Å². The SMILES string of the molecule is Cc1ccc(-c2ccc(=O)n(Cc3cccc(-c4ncc(OCCCN(C)C)cn4)c3)n2)cc1. The Morgan fingerprint density at radius 1 is 0.941 bits per heavy atom. The van der Waals surface area contributed by atoms with Gasteiger partial charge in [0.1, 0.15) is 0 Å². The second-order valence-electron chi connectivity index (χ2n) is 8.53. The average molecular weight is 456 g/mol. The van der Waals surface area contributed by atoms with Gasteiger partial charge in [-0.05, 0) is 45.1 Å². The molecule has 2 heterocycles. The molecule has 0 saturated carbocycles. The highest BCUT2D eigenvalue weighted by molar-refractivity contribution is 5.59. The number of ether oxygens (including phenoxy) is 1. The van der Waals surface area contributed by atoms with Gasteiger partial charge in [-0.25, -0.2) is 14.6 Å². The van der Waals surface area contributed by atoms with Crippen LogP contribution < -0.4 is 10.3 Å². The first-order valence-electron chi connectivity index (χ1n) is 11.3. The first-order valence-corrected chi connectivity index (χ1v) is 11.3. The average Bonchev–Trinajstić information content (AvgIpc) is 2.84. The van der Waals surface area contributed by atoms with Crippen LogP contribution in [0.25, 0.3) is 22.6 Å². The fourth-order valence-electron chi connectivity index (χ4n) is 3.53. The predicted octanol–water partition coefficient (Wildman–Crippen LogP) is 4.05. The number of benzene rings is 2. The summed E-state index contributed by atoms with van der Waals surface area (Å²) in [6.45, 7) is 4.00. The minimum Gasteiger partial charge on any atom is -0.490 e. The van der Waals surface area contributed by atoms with E-state index in [1.807, 2.05) is 69.6 Å². The Balaban J connectivity index is 1.47. The van der Waals surface area contributed by atoms with E-state index in [1.165, 1.54) is 10.2 Å². The molecule has 174 valence electrons. The van der Waals surface area contributed by atoms with E-state index in [2.05, 4.69) is 20.0 Å². The largest absolute Gasteiger partial charge is 0.490 e. The lowest BCUT2D eigenvalue weighted by molar-refractivity contribution is 0.280. The molecule has 0 radical (unpaired) electrons. The molecule has 0 saturated heterocycles. The van der Waals surface area contributed by atoms with Gasteiger partial charge in [0.2, 0.25) is 0 Å². The summed E-state index contributed by atoms with van der Waals surface area (Å²) < 4.78 is 7.21. The van der Waals surface area contributed by atoms with Gasteiger partial charge >= 0.3 is 0 Å². The Labute approximate surface area is 199 Å². The van der Waals surface area contributed by atoms with Crippen LogP contribution in [0, 0.1) is 6.92 Å². The van der Waals surface area contributed by atoms with Gasteiger partial charge in [-0.15, -0.1) is 0 Å². The molecule has 4 rings (SSSR count). The van der Waals surface area contributed by atoms with Crippen molar-refractivity contribution < 1.29 is 4.74 Å². The third-order valence-corrected chi connectivity index (χ3v) is 5.38. The van der Waals surface area contributed by atoms with Crippen molar-refractivity contribution in [2.24, 2.45) is 0 Å². The van der Waals surface area contributed by atoms with Crippen LogP contribution in [0.1, 0.15) is 17.5 Å². The molecule has 0 fully saturated rings. The van der Waals surface area contributed by atoms with Gasteiger partial charge in [-0.1, -0.05) is 48.0 Å². The molecule has 2 aromatic heterocycles. The lowest BCUT2D eigenvalue weighted by Gasteiger charge is -2.10. The molecule has 7 nitrogen and oxygen atoms in total. The molecule has 4 aromatic rings. The monoisotopic (exact) mass is 455 g/mol. The first kappa shape index (κ1) is 23.3. The maximum absolute atomic E-state index is 12.5. The summed E-state index contributed by atoms with van der Waals surface area (Å²) in [6, 6.07) is 19.3. The summed E-state index contributed by atoms with van der Waals surface area (Å²) in [5.74, 6) is 1.26. The number of hydrogen-bond donors (Lipinski definition) is 0. The summed E-state index contributed by atoms with van der Waals surface area (Å²) in [7, 11) is 4.08. The van der Waals surface area contributed by atoms with Gasteiger partial charge in [0, 0.05) is 23.7 Å². The molecule has 7 heteroatoms. The number of aryl methyl sites for hydroxylation is 1. The summed E-state index contributed by atoms with van der Waals surface area (Å²) in [6.07, 6.45) is 4.33. The molecule has 0 spiro atoms. The molecule has 0 amide bonds. The zero-order valence-corrected chi connectivity index (χ0v) is 19.8. The fraction of sp³-hybridized carbons (Fsp3) is 0.259. The number of nitrogens with zero attached hydrogens (tertiary/aromatic N) is 5. The summed E-state index contributed by atoms with van der Waals surface area (Å²) in [4.78, 5) is 23.5. The van der Waals surface area contributed by atoms with E-state index < -0.39 is 0 Å². The van der Waals surface area contributed by atoms with E-state index >= 15 is 0 Å². The molecule has 34 heavy (non-hydrogen) atoms. The topological polar surface area (TPSA) is 73.1 Å². The van der Waals surface area contributed by atoms with Crippen LogP contribution in [-0.2, 0) is 6.54 Å². The van der Waals surface area contributed by atoms with E-state index in [1.54, 1.807) is 24.5 Å². The van der Waals surface area contributed by atoms with E-state index in [0.717, 1.165) is 35.3 Å². The maximum Gasteiger partial charge on any atom is 0.267 e. The van der Waals surface area contributed by atoms with Crippen LogP contribution in [0.15, 0.2) is 77.9 Å². The van der Waals surface area contributed by atoms with Crippen LogP contribution in [0.5, 0.6) is 5.75 Å². The van der Waals surface area contributed by atoms with Gasteiger partial charge in [0.15, 0.2) is 11.6 Å². The van der Waals surface area contributed by atoms with Crippen LogP contribution in [-0.4, -0.2) is 51.9 Å². The van der Waals surface area contributed by atoms with Gasteiger partial charge in [-0.3, -0.25) is 4.79 Å². The van der Waals surface area contributed by atoms with Crippen molar-refractivity contribution in [2.45, 2.75) is 19.9 Å². The Hall–Kier alpha value is -3.84. The molecule has 0 atom stereocenters. The molecule has 0 bridgehead atoms. The van der Waals surface area contributed by atoms with Crippen molar-refractivity contribution in [2.75, 3.05) is 27.2 Å². The highest BCUT2D eigenvalue weighted by atomic mass is 16.5. The second kappa shape index (κ2) is 10.9. The minimum atomic E-state index is -0.145. The van der Waals surface area contributed by atoms with Crippen LogP contribution in [0.2, 0.25) is 0 Å². The fourth-order valence-corrected chi connectivity index (χ4v) is 3.53. The summed E-state index contributed by atoms with van der Waals surface area (Å²) in [5.41, 5.74) is 4.60. The third-order valence-electron chi connectivity index (χ3n) is 5.38. The maximum atomic E-state index is 12.5. The van der Waals surface area contributed by atoms with Crippen molar-refractivity contribution >= 4 is 0 Å². The van der Waals surface area contributed by atoms with E-state index in [0.29, 0.717) is 24.7 Å². The van der Waals surface area contributed by atoms with E-state index in [-0.39, 0.29) is 5.56 Å². The van der Waals surface area contributed by atoms with Crippen LogP contribution in [0.3, 0.4) is 0 Å². The first-order chi connectivity index (χ1) is 16.5. The molecule has 0 aliphatic carbocycles. The van der Waals surface area contributed by atoms with Crippen molar-refractivity contribution in [1.29, 1.82) is 0 Å². The number of rotatable bonds is 9. The van der Waals surface area contributed by atoms with Crippen molar-refractivity contribution in [3.63, 3.8) is 0 Å². The zero-order chi connectivity index (χ0) is 23.9. The number of aromatic nitrogens is 4. The van der Waals surface area contributed by atoms with Gasteiger partial charge < -0.3 is 9.64 Å². The predicted molar refractivity (Wildman–Crippen MR) is 134 cm³/mol. The summed E-state index contributed by atoms with van der Waals surface area (Å²) in [5, 5.41) is 4.58. The third kappa shape index (κ3) is 6.14. The van der Waals surface area contributed by atoms with Gasteiger partial charge in [0.25, 0.3) is 5.56 Å². The molecule has 0 aliphatic rings. The standard InChI is InChI=1S/C27H29N5O2/c1-20-8-10-22(11-9-20)25-12-13-26(33)32(30-25)19-21-6-4-7-23(16-21)27-28-17-24(18-29-27)34-15-5-14-31(2)3/h4,6-13,16-18H,5,14-15,19H2,1-3H3. The smallest absolute Gasteiger partial charge is 0.267 e. The molecular weight excluding hydrogens is 426 g/mol. The van der Waals surface area contributed by atoms with E-state index in [9.17, 15) is 4.79 Å². The van der Waals surface area contributed by atoms with Crippen molar-refractivity contribution in [3.05, 3.63) is 94.5 Å². The highest BCUT2D eigenvalue weighted by Gasteiger charge is 2.07. The Morgan fingerprint density at radius 2 is 1.71 bits per heavy atom. The summed E-state index contributed by atoms with van der Waals surface area (Å²) >= 11 is 0. The van der Waals surface area contributed by atoms with Gasteiger partial charge in [-0.2, -0.15) is 5.10 Å². The Kier molecular flexibility index (Phi) is 7.44. The minimum absolute atomic E-state index is 0.145. The molecule has 2 aromatic carbocycles. The highest BCUT2D eigenvalue weighted by Crippen LogP contribution is 2.19. The molecule has 0 N–H and O–H groups in total. The Morgan fingerprint density at radius 3 is 2.44 bits per heavy atom. The number of hydrogen-bond acceptors (Lipinski definition) is 6. The molecule has 0 aliphatic heterocycles. The lowest BCUT2D eigenvalue weighted by atomic mass is 10.1. The van der Waals surface area contributed by atoms with Crippen molar-refractivity contribution in [3.8, 4) is 28.4 Å². The van der Waals surface area contributed by atoms with Crippen LogP contribution in [0.4, 0.5) is 0 Å².